The molecule has 0 radical (unpaired) electrons. The lowest BCUT2D eigenvalue weighted by Crippen LogP contribution is -2.25. The Morgan fingerprint density at radius 2 is 2.00 bits per heavy atom. The number of rotatable bonds is 6. The van der Waals surface area contributed by atoms with Crippen LogP contribution in [0.4, 0.5) is 0 Å². The molecule has 1 unspecified atom stereocenters. The van der Waals surface area contributed by atoms with Gasteiger partial charge in [-0.25, -0.2) is 0 Å². The SMILES string of the molecule is CCCNC(Cc1cc(Cl)ccc1Cl)c1cnc(C)cn1. The quantitative estimate of drug-likeness (QED) is 0.857. The first-order chi connectivity index (χ1) is 10.1. The Morgan fingerprint density at radius 1 is 1.19 bits per heavy atom. The molecule has 5 heteroatoms. The Hall–Kier alpha value is -1.16. The topological polar surface area (TPSA) is 37.8 Å². The number of nitrogens with zero attached hydrogens (tertiary/aromatic N) is 2. The van der Waals surface area contributed by atoms with E-state index >= 15 is 0 Å². The Balaban J connectivity index is 2.23. The van der Waals surface area contributed by atoms with Gasteiger partial charge in [0.05, 0.1) is 23.6 Å². The summed E-state index contributed by atoms with van der Waals surface area (Å²) >= 11 is 12.3. The summed E-state index contributed by atoms with van der Waals surface area (Å²) < 4.78 is 0. The van der Waals surface area contributed by atoms with E-state index in [1.807, 2.05) is 25.3 Å². The Morgan fingerprint density at radius 3 is 2.67 bits per heavy atom. The first-order valence-electron chi connectivity index (χ1n) is 7.06. The van der Waals surface area contributed by atoms with E-state index in [0.717, 1.165) is 41.4 Å². The van der Waals surface area contributed by atoms with Crippen molar-refractivity contribution in [3.63, 3.8) is 0 Å². The van der Waals surface area contributed by atoms with Crippen LogP contribution in [0.15, 0.2) is 30.6 Å². The molecule has 0 saturated carbocycles. The molecular formula is C16H19Cl2N3. The third-order valence-electron chi connectivity index (χ3n) is 3.23. The van der Waals surface area contributed by atoms with Gasteiger partial charge < -0.3 is 5.32 Å². The monoisotopic (exact) mass is 323 g/mol. The van der Waals surface area contributed by atoms with Crippen LogP contribution in [0, 0.1) is 6.92 Å². The molecule has 0 bridgehead atoms. The first-order valence-corrected chi connectivity index (χ1v) is 7.81. The van der Waals surface area contributed by atoms with Gasteiger partial charge in [-0.15, -0.1) is 0 Å². The molecule has 0 saturated heterocycles. The highest BCUT2D eigenvalue weighted by atomic mass is 35.5. The maximum atomic E-state index is 6.26. The molecule has 2 rings (SSSR count). The standard InChI is InChI=1S/C16H19Cl2N3/c1-3-6-19-15(16-10-20-11(2)9-21-16)8-12-7-13(17)4-5-14(12)18/h4-5,7,9-10,15,19H,3,6,8H2,1-2H3. The van der Waals surface area contributed by atoms with Crippen LogP contribution in [-0.2, 0) is 6.42 Å². The van der Waals surface area contributed by atoms with Crippen molar-refractivity contribution >= 4 is 23.2 Å². The predicted octanol–water partition coefficient (Wildman–Crippen LogP) is 4.38. The summed E-state index contributed by atoms with van der Waals surface area (Å²) in [4.78, 5) is 8.81. The number of benzene rings is 1. The minimum Gasteiger partial charge on any atom is -0.308 e. The zero-order chi connectivity index (χ0) is 15.2. The third kappa shape index (κ3) is 4.67. The second kappa shape index (κ2) is 7.74. The van der Waals surface area contributed by atoms with E-state index in [0.29, 0.717) is 5.02 Å². The zero-order valence-corrected chi connectivity index (χ0v) is 13.7. The fourth-order valence-corrected chi connectivity index (χ4v) is 2.49. The summed E-state index contributed by atoms with van der Waals surface area (Å²) in [5.74, 6) is 0. The first kappa shape index (κ1) is 16.2. The van der Waals surface area contributed by atoms with Crippen molar-refractivity contribution in [1.29, 1.82) is 0 Å². The van der Waals surface area contributed by atoms with Gasteiger partial charge in [0.15, 0.2) is 0 Å². The van der Waals surface area contributed by atoms with Crippen molar-refractivity contribution in [2.75, 3.05) is 6.54 Å². The Bertz CT molecular complexity index is 585. The summed E-state index contributed by atoms with van der Waals surface area (Å²) in [6, 6.07) is 5.62. The molecule has 0 amide bonds. The molecule has 1 aromatic carbocycles. The van der Waals surface area contributed by atoms with Crippen molar-refractivity contribution in [3.8, 4) is 0 Å². The molecule has 0 aliphatic heterocycles. The Kier molecular flexibility index (Phi) is 5.97. The van der Waals surface area contributed by atoms with E-state index in [-0.39, 0.29) is 6.04 Å². The summed E-state index contributed by atoms with van der Waals surface area (Å²) in [7, 11) is 0. The van der Waals surface area contributed by atoms with Crippen molar-refractivity contribution < 1.29 is 0 Å². The lowest BCUT2D eigenvalue weighted by atomic mass is 10.0. The molecule has 0 aliphatic carbocycles. The molecule has 0 fully saturated rings. The van der Waals surface area contributed by atoms with E-state index in [9.17, 15) is 0 Å². The second-order valence-corrected chi connectivity index (χ2v) is 5.87. The van der Waals surface area contributed by atoms with E-state index in [1.165, 1.54) is 0 Å². The van der Waals surface area contributed by atoms with Crippen LogP contribution in [0.25, 0.3) is 0 Å². The van der Waals surface area contributed by atoms with E-state index in [4.69, 9.17) is 23.2 Å². The molecule has 112 valence electrons. The number of aryl methyl sites for hydroxylation is 1. The third-order valence-corrected chi connectivity index (χ3v) is 3.83. The van der Waals surface area contributed by atoms with Crippen molar-refractivity contribution in [1.82, 2.24) is 15.3 Å². The number of aromatic nitrogens is 2. The van der Waals surface area contributed by atoms with Gasteiger partial charge in [-0.2, -0.15) is 0 Å². The number of hydrogen-bond donors (Lipinski definition) is 1. The maximum Gasteiger partial charge on any atom is 0.0759 e. The van der Waals surface area contributed by atoms with E-state index < -0.39 is 0 Å². The van der Waals surface area contributed by atoms with Gasteiger partial charge in [-0.1, -0.05) is 30.1 Å². The highest BCUT2D eigenvalue weighted by molar-refractivity contribution is 6.33. The van der Waals surface area contributed by atoms with Gasteiger partial charge in [0, 0.05) is 16.2 Å². The molecule has 1 heterocycles. The van der Waals surface area contributed by atoms with Crippen LogP contribution >= 0.6 is 23.2 Å². The molecule has 0 aliphatic rings. The van der Waals surface area contributed by atoms with E-state index in [2.05, 4.69) is 22.2 Å². The van der Waals surface area contributed by atoms with Gasteiger partial charge >= 0.3 is 0 Å². The van der Waals surface area contributed by atoms with Gasteiger partial charge in [0.1, 0.15) is 0 Å². The molecule has 1 atom stereocenters. The molecule has 21 heavy (non-hydrogen) atoms. The van der Waals surface area contributed by atoms with Gasteiger partial charge in [0.25, 0.3) is 0 Å². The summed E-state index contributed by atoms with van der Waals surface area (Å²) in [5, 5.41) is 4.91. The van der Waals surface area contributed by atoms with Crippen LogP contribution in [0.2, 0.25) is 10.0 Å². The lowest BCUT2D eigenvalue weighted by molar-refractivity contribution is 0.515. The molecule has 2 aromatic rings. The summed E-state index contributed by atoms with van der Waals surface area (Å²) in [6.45, 7) is 4.98. The molecular weight excluding hydrogens is 305 g/mol. The van der Waals surface area contributed by atoms with Gasteiger partial charge in [-0.3, -0.25) is 9.97 Å². The maximum absolute atomic E-state index is 6.26. The van der Waals surface area contributed by atoms with Crippen molar-refractivity contribution in [2.24, 2.45) is 0 Å². The van der Waals surface area contributed by atoms with Crippen molar-refractivity contribution in [2.45, 2.75) is 32.7 Å². The fourth-order valence-electron chi connectivity index (χ4n) is 2.10. The predicted molar refractivity (Wildman–Crippen MR) is 88.0 cm³/mol. The largest absolute Gasteiger partial charge is 0.308 e. The highest BCUT2D eigenvalue weighted by Gasteiger charge is 2.15. The summed E-state index contributed by atoms with van der Waals surface area (Å²) in [6.07, 6.45) is 5.40. The molecule has 0 spiro atoms. The highest BCUT2D eigenvalue weighted by Crippen LogP contribution is 2.25. The minimum atomic E-state index is 0.0778. The van der Waals surface area contributed by atoms with Gasteiger partial charge in [-0.05, 0) is 50.1 Å². The Labute approximate surface area is 135 Å². The average Bonchev–Trinajstić information content (AvgIpc) is 2.48. The number of hydrogen-bond acceptors (Lipinski definition) is 3. The zero-order valence-electron chi connectivity index (χ0n) is 12.2. The normalized spacial score (nSPS) is 12.4. The van der Waals surface area contributed by atoms with E-state index in [1.54, 1.807) is 12.3 Å². The molecule has 3 nitrogen and oxygen atoms in total. The van der Waals surface area contributed by atoms with Crippen LogP contribution in [0.1, 0.15) is 36.3 Å². The summed E-state index contributed by atoms with van der Waals surface area (Å²) in [5.41, 5.74) is 2.85. The second-order valence-electron chi connectivity index (χ2n) is 5.03. The fraction of sp³-hybridized carbons (Fsp3) is 0.375. The minimum absolute atomic E-state index is 0.0778. The van der Waals surface area contributed by atoms with Gasteiger partial charge in [0.2, 0.25) is 0 Å². The van der Waals surface area contributed by atoms with Crippen LogP contribution < -0.4 is 5.32 Å². The number of nitrogens with one attached hydrogen (secondary N) is 1. The van der Waals surface area contributed by atoms with Crippen LogP contribution in [-0.4, -0.2) is 16.5 Å². The average molecular weight is 324 g/mol. The van der Waals surface area contributed by atoms with Crippen LogP contribution in [0.5, 0.6) is 0 Å². The van der Waals surface area contributed by atoms with Crippen molar-refractivity contribution in [3.05, 3.63) is 57.6 Å². The lowest BCUT2D eigenvalue weighted by Gasteiger charge is -2.19. The molecule has 1 N–H and O–H groups in total. The molecule has 1 aromatic heterocycles. The number of halogens is 2. The van der Waals surface area contributed by atoms with Crippen LogP contribution in [0.3, 0.4) is 0 Å². The smallest absolute Gasteiger partial charge is 0.0759 e.